The van der Waals surface area contributed by atoms with Crippen LogP contribution < -0.4 is 4.90 Å². The highest BCUT2D eigenvalue weighted by atomic mass is 19.1. The van der Waals surface area contributed by atoms with Crippen molar-refractivity contribution in [3.05, 3.63) is 24.4 Å². The zero-order valence-electron chi connectivity index (χ0n) is 10.4. The SMILES string of the molecule is CCOC(=O)C1CCN(c2ccccn2)CC1F. The molecule has 0 aromatic carbocycles. The number of esters is 1. The molecule has 1 saturated heterocycles. The van der Waals surface area contributed by atoms with E-state index in [-0.39, 0.29) is 6.54 Å². The first-order valence-corrected chi connectivity index (χ1v) is 6.19. The first kappa shape index (κ1) is 12.8. The van der Waals surface area contributed by atoms with Crippen molar-refractivity contribution in [2.45, 2.75) is 19.5 Å². The van der Waals surface area contributed by atoms with Gasteiger partial charge in [-0.1, -0.05) is 6.07 Å². The Hall–Kier alpha value is -1.65. The molecular formula is C13H17FN2O2. The monoisotopic (exact) mass is 252 g/mol. The van der Waals surface area contributed by atoms with E-state index in [9.17, 15) is 9.18 Å². The van der Waals surface area contributed by atoms with Crippen LogP contribution >= 0.6 is 0 Å². The van der Waals surface area contributed by atoms with Crippen LogP contribution in [0.5, 0.6) is 0 Å². The highest BCUT2D eigenvalue weighted by Crippen LogP contribution is 2.25. The number of anilines is 1. The fourth-order valence-corrected chi connectivity index (χ4v) is 2.17. The summed E-state index contributed by atoms with van der Waals surface area (Å²) in [6, 6.07) is 5.53. The Kier molecular flexibility index (Phi) is 4.12. The van der Waals surface area contributed by atoms with Gasteiger partial charge in [0.15, 0.2) is 0 Å². The molecule has 0 amide bonds. The minimum Gasteiger partial charge on any atom is -0.466 e. The summed E-state index contributed by atoms with van der Waals surface area (Å²) in [4.78, 5) is 17.6. The minimum absolute atomic E-state index is 0.195. The molecule has 4 nitrogen and oxygen atoms in total. The van der Waals surface area contributed by atoms with E-state index in [1.54, 1.807) is 13.1 Å². The van der Waals surface area contributed by atoms with Gasteiger partial charge >= 0.3 is 5.97 Å². The average Bonchev–Trinajstić information content (AvgIpc) is 2.40. The number of pyridine rings is 1. The van der Waals surface area contributed by atoms with Gasteiger partial charge in [0.2, 0.25) is 0 Å². The smallest absolute Gasteiger partial charge is 0.312 e. The summed E-state index contributed by atoms with van der Waals surface area (Å²) < 4.78 is 18.9. The predicted molar refractivity (Wildman–Crippen MR) is 66.1 cm³/mol. The molecule has 0 bridgehead atoms. The summed E-state index contributed by atoms with van der Waals surface area (Å²) in [5, 5.41) is 0. The Morgan fingerprint density at radius 1 is 1.61 bits per heavy atom. The molecule has 5 heteroatoms. The normalized spacial score (nSPS) is 23.8. The Morgan fingerprint density at radius 2 is 2.44 bits per heavy atom. The molecule has 0 saturated carbocycles. The second-order valence-corrected chi connectivity index (χ2v) is 4.30. The van der Waals surface area contributed by atoms with E-state index in [0.717, 1.165) is 5.82 Å². The number of ether oxygens (including phenoxy) is 1. The molecule has 0 radical (unpaired) electrons. The summed E-state index contributed by atoms with van der Waals surface area (Å²) in [6.07, 6.45) is 0.955. The van der Waals surface area contributed by atoms with E-state index in [1.165, 1.54) is 0 Å². The van der Waals surface area contributed by atoms with Gasteiger partial charge < -0.3 is 9.64 Å². The number of hydrogen-bond donors (Lipinski definition) is 0. The highest BCUT2D eigenvalue weighted by Gasteiger charge is 2.35. The molecule has 0 spiro atoms. The van der Waals surface area contributed by atoms with E-state index in [1.807, 2.05) is 23.1 Å². The second kappa shape index (κ2) is 5.80. The number of carbonyl (C=O) groups excluding carboxylic acids is 1. The van der Waals surface area contributed by atoms with Crippen LogP contribution in [0.3, 0.4) is 0 Å². The lowest BCUT2D eigenvalue weighted by Gasteiger charge is -2.34. The molecule has 2 atom stereocenters. The van der Waals surface area contributed by atoms with Gasteiger partial charge in [0, 0.05) is 12.7 Å². The lowest BCUT2D eigenvalue weighted by atomic mass is 9.95. The van der Waals surface area contributed by atoms with Gasteiger partial charge in [-0.05, 0) is 25.5 Å². The molecule has 0 aliphatic carbocycles. The molecule has 2 heterocycles. The van der Waals surface area contributed by atoms with Crippen molar-refractivity contribution in [2.75, 3.05) is 24.6 Å². The van der Waals surface area contributed by atoms with Crippen molar-refractivity contribution >= 4 is 11.8 Å². The zero-order valence-corrected chi connectivity index (χ0v) is 10.4. The fraction of sp³-hybridized carbons (Fsp3) is 0.538. The summed E-state index contributed by atoms with van der Waals surface area (Å²) in [7, 11) is 0. The molecule has 2 unspecified atom stereocenters. The molecule has 1 aromatic heterocycles. The van der Waals surface area contributed by atoms with Crippen LogP contribution in [0.1, 0.15) is 13.3 Å². The number of carbonyl (C=O) groups is 1. The summed E-state index contributed by atoms with van der Waals surface area (Å²) in [6.45, 7) is 2.85. The van der Waals surface area contributed by atoms with E-state index in [4.69, 9.17) is 4.74 Å². The number of rotatable bonds is 3. The number of alkyl halides is 1. The highest BCUT2D eigenvalue weighted by molar-refractivity contribution is 5.73. The van der Waals surface area contributed by atoms with Gasteiger partial charge in [-0.2, -0.15) is 0 Å². The van der Waals surface area contributed by atoms with Gasteiger partial charge in [-0.15, -0.1) is 0 Å². The van der Waals surface area contributed by atoms with E-state index < -0.39 is 18.1 Å². The van der Waals surface area contributed by atoms with E-state index in [0.29, 0.717) is 19.6 Å². The van der Waals surface area contributed by atoms with Crippen LogP contribution in [0, 0.1) is 5.92 Å². The molecule has 0 N–H and O–H groups in total. The van der Waals surface area contributed by atoms with Crippen molar-refractivity contribution in [3.8, 4) is 0 Å². The van der Waals surface area contributed by atoms with Crippen molar-refractivity contribution in [1.82, 2.24) is 4.98 Å². The lowest BCUT2D eigenvalue weighted by molar-refractivity contribution is -0.151. The standard InChI is InChI=1S/C13H17FN2O2/c1-2-18-13(17)10-6-8-16(9-11(10)14)12-5-3-4-7-15-12/h3-5,7,10-11H,2,6,8-9H2,1H3. The van der Waals surface area contributed by atoms with E-state index in [2.05, 4.69) is 4.98 Å². The Balaban J connectivity index is 1.98. The number of aromatic nitrogens is 1. The van der Waals surface area contributed by atoms with Gasteiger partial charge in [-0.25, -0.2) is 9.37 Å². The number of halogens is 1. The third-order valence-electron chi connectivity index (χ3n) is 3.10. The number of piperidine rings is 1. The zero-order chi connectivity index (χ0) is 13.0. The van der Waals surface area contributed by atoms with Gasteiger partial charge in [0.1, 0.15) is 12.0 Å². The maximum atomic E-state index is 14.0. The molecule has 1 fully saturated rings. The third kappa shape index (κ3) is 2.78. The lowest BCUT2D eigenvalue weighted by Crippen LogP contribution is -2.45. The summed E-state index contributed by atoms with van der Waals surface area (Å²) in [5.41, 5.74) is 0. The van der Waals surface area contributed by atoms with Crippen LogP contribution in [-0.2, 0) is 9.53 Å². The molecular weight excluding hydrogens is 235 g/mol. The molecule has 1 aliphatic rings. The summed E-state index contributed by atoms with van der Waals surface area (Å²) >= 11 is 0. The van der Waals surface area contributed by atoms with Gasteiger partial charge in [0.05, 0.1) is 19.1 Å². The molecule has 98 valence electrons. The van der Waals surface area contributed by atoms with E-state index >= 15 is 0 Å². The number of nitrogens with zero attached hydrogens (tertiary/aromatic N) is 2. The van der Waals surface area contributed by atoms with Gasteiger partial charge in [-0.3, -0.25) is 4.79 Å². The molecule has 2 rings (SSSR count). The Bertz CT molecular complexity index is 399. The largest absolute Gasteiger partial charge is 0.466 e. The van der Waals surface area contributed by atoms with Crippen LogP contribution in [0.25, 0.3) is 0 Å². The topological polar surface area (TPSA) is 42.4 Å². The van der Waals surface area contributed by atoms with Crippen LogP contribution in [0.2, 0.25) is 0 Å². The van der Waals surface area contributed by atoms with Crippen molar-refractivity contribution in [3.63, 3.8) is 0 Å². The van der Waals surface area contributed by atoms with Crippen molar-refractivity contribution in [2.24, 2.45) is 5.92 Å². The molecule has 1 aromatic rings. The average molecular weight is 252 g/mol. The van der Waals surface area contributed by atoms with Crippen LogP contribution in [0.15, 0.2) is 24.4 Å². The first-order chi connectivity index (χ1) is 8.72. The van der Waals surface area contributed by atoms with Crippen molar-refractivity contribution < 1.29 is 13.9 Å². The van der Waals surface area contributed by atoms with Crippen LogP contribution in [-0.4, -0.2) is 36.8 Å². The van der Waals surface area contributed by atoms with Crippen LogP contribution in [0.4, 0.5) is 10.2 Å². The first-order valence-electron chi connectivity index (χ1n) is 6.19. The van der Waals surface area contributed by atoms with Crippen molar-refractivity contribution in [1.29, 1.82) is 0 Å². The summed E-state index contributed by atoms with van der Waals surface area (Å²) in [5.74, 6) is -0.307. The number of hydrogen-bond acceptors (Lipinski definition) is 4. The third-order valence-corrected chi connectivity index (χ3v) is 3.10. The van der Waals surface area contributed by atoms with Gasteiger partial charge in [0.25, 0.3) is 0 Å². The molecule has 18 heavy (non-hydrogen) atoms. The Labute approximate surface area is 106 Å². The maximum Gasteiger partial charge on any atom is 0.312 e. The fourth-order valence-electron chi connectivity index (χ4n) is 2.17. The predicted octanol–water partition coefficient (Wildman–Crippen LogP) is 1.81. The Morgan fingerprint density at radius 3 is 3.06 bits per heavy atom. The minimum atomic E-state index is -1.19. The second-order valence-electron chi connectivity index (χ2n) is 4.30. The molecule has 1 aliphatic heterocycles. The maximum absolute atomic E-state index is 14.0. The quantitative estimate of drug-likeness (QED) is 0.769.